The number of amides is 1. The average Bonchev–Trinajstić information content (AvgIpc) is 2.86. The molecule has 1 fully saturated rings. The van der Waals surface area contributed by atoms with Crippen LogP contribution in [0.4, 0.5) is 0 Å². The lowest BCUT2D eigenvalue weighted by Gasteiger charge is -2.21. The molecule has 0 aromatic heterocycles. The van der Waals surface area contributed by atoms with Gasteiger partial charge in [0, 0.05) is 6.54 Å². The minimum absolute atomic E-state index is 0.0269. The van der Waals surface area contributed by atoms with Crippen LogP contribution in [0.3, 0.4) is 0 Å². The van der Waals surface area contributed by atoms with Gasteiger partial charge in [0.05, 0.1) is 10.6 Å². The van der Waals surface area contributed by atoms with Crippen molar-refractivity contribution in [1.29, 1.82) is 0 Å². The van der Waals surface area contributed by atoms with Crippen LogP contribution in [0.5, 0.6) is 5.75 Å². The second-order valence-corrected chi connectivity index (χ2v) is 5.16. The van der Waals surface area contributed by atoms with Gasteiger partial charge in [-0.15, -0.1) is 0 Å². The number of aromatic hydroxyl groups is 1. The largest absolute Gasteiger partial charge is 0.508 e. The molecule has 2 N–H and O–H groups in total. The molecule has 1 aliphatic rings. The highest BCUT2D eigenvalue weighted by Gasteiger charge is 2.29. The molecule has 0 spiro atoms. The molecule has 4 nitrogen and oxygen atoms in total. The number of carbonyl (C=O) groups is 1. The van der Waals surface area contributed by atoms with E-state index in [1.54, 1.807) is 12.1 Å². The Balaban J connectivity index is 1.86. The number of likely N-dealkylation sites (tertiary alicyclic amines) is 1. The zero-order chi connectivity index (χ0) is 13.0. The SMILES string of the molecule is O=C(NCc1ccc(O)cc1)[C@H]1CCCN1CI. The van der Waals surface area contributed by atoms with Crippen molar-refractivity contribution >= 4 is 28.5 Å². The number of benzene rings is 1. The van der Waals surface area contributed by atoms with Gasteiger partial charge in [-0.3, -0.25) is 9.69 Å². The lowest BCUT2D eigenvalue weighted by molar-refractivity contribution is -0.125. The zero-order valence-electron chi connectivity index (χ0n) is 10.1. The fourth-order valence-electron chi connectivity index (χ4n) is 2.19. The summed E-state index contributed by atoms with van der Waals surface area (Å²) in [5, 5.41) is 12.1. The molecule has 0 unspecified atom stereocenters. The Kier molecular flexibility index (Phi) is 4.82. The van der Waals surface area contributed by atoms with Crippen LogP contribution in [-0.4, -0.2) is 33.1 Å². The number of hydrogen-bond acceptors (Lipinski definition) is 3. The molecule has 0 aliphatic carbocycles. The first-order valence-corrected chi connectivity index (χ1v) is 7.59. The van der Waals surface area contributed by atoms with Gasteiger partial charge in [0.15, 0.2) is 0 Å². The van der Waals surface area contributed by atoms with Gasteiger partial charge in [-0.2, -0.15) is 0 Å². The first-order valence-electron chi connectivity index (χ1n) is 6.06. The van der Waals surface area contributed by atoms with Crippen molar-refractivity contribution in [1.82, 2.24) is 10.2 Å². The predicted octanol–water partition coefficient (Wildman–Crippen LogP) is 1.87. The van der Waals surface area contributed by atoms with Gasteiger partial charge in [-0.05, 0) is 37.1 Å². The molecule has 1 amide bonds. The van der Waals surface area contributed by atoms with E-state index in [2.05, 4.69) is 32.8 Å². The third-order valence-electron chi connectivity index (χ3n) is 3.22. The van der Waals surface area contributed by atoms with Crippen LogP contribution in [0.2, 0.25) is 0 Å². The van der Waals surface area contributed by atoms with Crippen LogP contribution in [0.15, 0.2) is 24.3 Å². The van der Waals surface area contributed by atoms with E-state index in [1.165, 1.54) is 0 Å². The second-order valence-electron chi connectivity index (χ2n) is 4.47. The van der Waals surface area contributed by atoms with Gasteiger partial charge in [-0.25, -0.2) is 0 Å². The first kappa shape index (κ1) is 13.6. The van der Waals surface area contributed by atoms with Crippen LogP contribution < -0.4 is 5.32 Å². The molecule has 98 valence electrons. The summed E-state index contributed by atoms with van der Waals surface area (Å²) in [5.41, 5.74) is 1.00. The summed E-state index contributed by atoms with van der Waals surface area (Å²) in [5.74, 6) is 0.356. The Morgan fingerprint density at radius 2 is 2.17 bits per heavy atom. The van der Waals surface area contributed by atoms with Crippen LogP contribution in [0.1, 0.15) is 18.4 Å². The maximum atomic E-state index is 12.0. The standard InChI is InChI=1S/C13H17IN2O2/c14-9-16-7-1-2-12(16)13(18)15-8-10-3-5-11(17)6-4-10/h3-6,12,17H,1-2,7-9H2,(H,15,18)/t12-/m1/s1. The van der Waals surface area contributed by atoms with Crippen LogP contribution in [0, 0.1) is 0 Å². The molecule has 1 aromatic rings. The minimum Gasteiger partial charge on any atom is -0.508 e. The van der Waals surface area contributed by atoms with Crippen molar-refractivity contribution in [3.8, 4) is 5.75 Å². The molecule has 1 saturated heterocycles. The van der Waals surface area contributed by atoms with Gasteiger partial charge >= 0.3 is 0 Å². The molecule has 0 saturated carbocycles. The second kappa shape index (κ2) is 6.38. The first-order chi connectivity index (χ1) is 8.70. The summed E-state index contributed by atoms with van der Waals surface area (Å²) in [6, 6.07) is 6.93. The van der Waals surface area contributed by atoms with Gasteiger partial charge in [0.1, 0.15) is 5.75 Å². The van der Waals surface area contributed by atoms with E-state index in [0.29, 0.717) is 6.54 Å². The van der Waals surface area contributed by atoms with Crippen LogP contribution in [-0.2, 0) is 11.3 Å². The number of rotatable bonds is 4. The number of carbonyl (C=O) groups excluding carboxylic acids is 1. The third-order valence-corrected chi connectivity index (χ3v) is 4.10. The molecule has 5 heteroatoms. The predicted molar refractivity (Wildman–Crippen MR) is 78.6 cm³/mol. The molecule has 0 radical (unpaired) electrons. The number of nitrogens with zero attached hydrogens (tertiary/aromatic N) is 1. The highest BCUT2D eigenvalue weighted by Crippen LogP contribution is 2.18. The molecule has 1 aliphatic heterocycles. The molecule has 2 rings (SSSR count). The molecule has 1 aromatic carbocycles. The van der Waals surface area contributed by atoms with E-state index in [9.17, 15) is 9.90 Å². The number of hydrogen-bond donors (Lipinski definition) is 2. The number of nitrogens with one attached hydrogen (secondary N) is 1. The van der Waals surface area contributed by atoms with Gasteiger partial charge in [0.25, 0.3) is 0 Å². The van der Waals surface area contributed by atoms with E-state index in [4.69, 9.17) is 0 Å². The summed E-state index contributed by atoms with van der Waals surface area (Å²) in [6.45, 7) is 1.53. The quantitative estimate of drug-likeness (QED) is 0.490. The summed E-state index contributed by atoms with van der Waals surface area (Å²) >= 11 is 2.30. The minimum atomic E-state index is 0.0269. The normalized spacial score (nSPS) is 19.9. The summed E-state index contributed by atoms with van der Waals surface area (Å²) in [7, 11) is 0. The molecular formula is C13H17IN2O2. The summed E-state index contributed by atoms with van der Waals surface area (Å²) < 4.78 is 0.898. The van der Waals surface area contributed by atoms with E-state index in [-0.39, 0.29) is 17.7 Å². The smallest absolute Gasteiger partial charge is 0.237 e. The molecule has 18 heavy (non-hydrogen) atoms. The number of halogens is 1. The van der Waals surface area contributed by atoms with E-state index in [0.717, 1.165) is 29.5 Å². The Morgan fingerprint density at radius 1 is 1.44 bits per heavy atom. The highest BCUT2D eigenvalue weighted by molar-refractivity contribution is 14.1. The maximum Gasteiger partial charge on any atom is 0.237 e. The van der Waals surface area contributed by atoms with Crippen molar-refractivity contribution in [2.24, 2.45) is 0 Å². The van der Waals surface area contributed by atoms with E-state index < -0.39 is 0 Å². The van der Waals surface area contributed by atoms with Crippen molar-refractivity contribution in [2.75, 3.05) is 11.1 Å². The fourth-order valence-corrected chi connectivity index (χ4v) is 3.00. The Bertz CT molecular complexity index is 408. The van der Waals surface area contributed by atoms with Crippen molar-refractivity contribution in [3.63, 3.8) is 0 Å². The van der Waals surface area contributed by atoms with Gasteiger partial charge < -0.3 is 10.4 Å². The average molecular weight is 360 g/mol. The maximum absolute atomic E-state index is 12.0. The monoisotopic (exact) mass is 360 g/mol. The summed E-state index contributed by atoms with van der Waals surface area (Å²) in [6.07, 6.45) is 2.05. The highest BCUT2D eigenvalue weighted by atomic mass is 127. The molecular weight excluding hydrogens is 343 g/mol. The van der Waals surface area contributed by atoms with E-state index in [1.807, 2.05) is 12.1 Å². The summed E-state index contributed by atoms with van der Waals surface area (Å²) in [4.78, 5) is 14.3. The van der Waals surface area contributed by atoms with Gasteiger partial charge in [0.2, 0.25) is 5.91 Å². The van der Waals surface area contributed by atoms with Crippen molar-refractivity contribution in [2.45, 2.75) is 25.4 Å². The van der Waals surface area contributed by atoms with Crippen molar-refractivity contribution < 1.29 is 9.90 Å². The Labute approximate surface area is 121 Å². The Morgan fingerprint density at radius 3 is 2.83 bits per heavy atom. The van der Waals surface area contributed by atoms with E-state index >= 15 is 0 Å². The zero-order valence-corrected chi connectivity index (χ0v) is 12.3. The number of alkyl halides is 1. The van der Waals surface area contributed by atoms with Crippen molar-refractivity contribution in [3.05, 3.63) is 29.8 Å². The van der Waals surface area contributed by atoms with Gasteiger partial charge in [-0.1, -0.05) is 34.7 Å². The molecule has 1 heterocycles. The lowest BCUT2D eigenvalue weighted by Crippen LogP contribution is -2.42. The third kappa shape index (κ3) is 3.35. The lowest BCUT2D eigenvalue weighted by atomic mass is 10.2. The van der Waals surface area contributed by atoms with Crippen LogP contribution in [0.25, 0.3) is 0 Å². The molecule has 1 atom stereocenters. The number of phenols is 1. The number of phenolic OH excluding ortho intramolecular Hbond substituents is 1. The topological polar surface area (TPSA) is 52.6 Å². The molecule has 0 bridgehead atoms. The van der Waals surface area contributed by atoms with Crippen LogP contribution >= 0.6 is 22.6 Å². The fraction of sp³-hybridized carbons (Fsp3) is 0.462. The Hall–Kier alpha value is -0.820.